The number of carbonyl (C=O) groups excluding carboxylic acids is 3. The van der Waals surface area contributed by atoms with E-state index in [0.29, 0.717) is 0 Å². The topological polar surface area (TPSA) is 149 Å². The van der Waals surface area contributed by atoms with Gasteiger partial charge in [-0.3, -0.25) is 0 Å². The Hall–Kier alpha value is -0.396. The third-order valence-corrected chi connectivity index (χ3v) is 11.7. The second-order valence-electron chi connectivity index (χ2n) is 20.2. The summed E-state index contributed by atoms with van der Waals surface area (Å²) in [6, 6.07) is 0. The smallest absolute Gasteiger partial charge is 2.00 e. The van der Waals surface area contributed by atoms with E-state index in [2.05, 4.69) is 41.5 Å². The molecule has 0 aromatic rings. The minimum absolute atomic E-state index is 0. The van der Waals surface area contributed by atoms with Crippen molar-refractivity contribution < 1.29 is 74.0 Å². The van der Waals surface area contributed by atoms with E-state index in [1.807, 2.05) is 20.3 Å². The Morgan fingerprint density at radius 1 is 0.303 bits per heavy atom. The van der Waals surface area contributed by atoms with Crippen LogP contribution in [-0.4, -0.2) is 17.9 Å². The van der Waals surface area contributed by atoms with Crippen molar-refractivity contribution in [1.29, 1.82) is 0 Å². The average Bonchev–Trinajstić information content (AvgIpc) is 3.21. The van der Waals surface area contributed by atoms with Gasteiger partial charge in [-0.2, -0.15) is 13.8 Å². The zero-order valence-corrected chi connectivity index (χ0v) is 47.9. The summed E-state index contributed by atoms with van der Waals surface area (Å²) in [6.45, 7) is 17.8. The van der Waals surface area contributed by atoms with E-state index in [0.717, 1.165) is 56.3 Å². The molecule has 0 amide bonds. The Labute approximate surface area is 438 Å². The molecule has 394 valence electrons. The monoisotopic (exact) mass is 1010 g/mol. The summed E-state index contributed by atoms with van der Waals surface area (Å²) in [5.41, 5.74) is 0. The van der Waals surface area contributed by atoms with Crippen LogP contribution in [0.1, 0.15) is 325 Å². The number of carboxylic acid groups (broad SMARTS) is 3. The fraction of sp³-hybridized carbons (Fsp3) is 0.930. The van der Waals surface area contributed by atoms with Gasteiger partial charge in [0.25, 0.3) is 0 Å². The van der Waals surface area contributed by atoms with Crippen LogP contribution in [0.2, 0.25) is 0 Å². The molecular formula is C57H112FeO7Ti. The van der Waals surface area contributed by atoms with Gasteiger partial charge < -0.3 is 41.6 Å². The van der Waals surface area contributed by atoms with Gasteiger partial charge in [0.05, 0.1) is 0 Å². The first-order valence-electron chi connectivity index (χ1n) is 27.6. The van der Waals surface area contributed by atoms with Crippen molar-refractivity contribution >= 4 is 17.9 Å². The van der Waals surface area contributed by atoms with Crippen LogP contribution < -0.4 is 15.3 Å². The fourth-order valence-corrected chi connectivity index (χ4v) is 7.77. The van der Waals surface area contributed by atoms with Crippen molar-refractivity contribution in [3.8, 4) is 0 Å². The predicted molar refractivity (Wildman–Crippen MR) is 270 cm³/mol. The minimum Gasteiger partial charge on any atom is -2.00 e. The third kappa shape index (κ3) is 97.3. The molecular weight excluding hydrogens is 900 g/mol. The Balaban J connectivity index is -0.000000150. The number of hydrogen-bond acceptors (Lipinski definition) is 6. The molecule has 0 aromatic carbocycles. The zero-order chi connectivity index (χ0) is 47.9. The van der Waals surface area contributed by atoms with Gasteiger partial charge in [0.15, 0.2) is 0 Å². The first kappa shape index (κ1) is 79.7. The first-order valence-corrected chi connectivity index (χ1v) is 27.6. The van der Waals surface area contributed by atoms with E-state index in [-0.39, 0.29) is 63.5 Å². The molecule has 0 N–H and O–H groups in total. The molecule has 9 heteroatoms. The Kier molecular flexibility index (Phi) is 86.0. The molecule has 0 bridgehead atoms. The fourth-order valence-electron chi connectivity index (χ4n) is 7.77. The summed E-state index contributed by atoms with van der Waals surface area (Å²) in [5.74, 6) is -0.125. The Bertz CT molecular complexity index is 778. The summed E-state index contributed by atoms with van der Waals surface area (Å²) in [5, 5.41) is 30.7. The van der Waals surface area contributed by atoms with Gasteiger partial charge in [-0.25, -0.2) is 0 Å². The molecule has 0 spiro atoms. The van der Waals surface area contributed by atoms with Crippen LogP contribution in [-0.2, 0) is 58.6 Å². The number of carboxylic acids is 3. The number of hydrogen-bond donors (Lipinski definition) is 0. The second-order valence-corrected chi connectivity index (χ2v) is 20.2. The van der Waals surface area contributed by atoms with Crippen molar-refractivity contribution in [3.05, 3.63) is 6.42 Å². The van der Waals surface area contributed by atoms with Crippen molar-refractivity contribution in [2.45, 2.75) is 325 Å². The van der Waals surface area contributed by atoms with Crippen molar-refractivity contribution in [1.82, 2.24) is 0 Å². The van der Waals surface area contributed by atoms with Crippen LogP contribution in [0.15, 0.2) is 0 Å². The predicted octanol–water partition coefficient (Wildman–Crippen LogP) is 15.7. The van der Waals surface area contributed by atoms with Crippen LogP contribution in [0.5, 0.6) is 0 Å². The molecule has 0 aliphatic rings. The molecule has 0 saturated carbocycles. The molecule has 0 aliphatic carbocycles. The van der Waals surface area contributed by atoms with Crippen molar-refractivity contribution in [3.63, 3.8) is 0 Å². The van der Waals surface area contributed by atoms with Gasteiger partial charge in [-0.1, -0.05) is 273 Å². The first-order chi connectivity index (χ1) is 30.3. The number of unbranched alkanes of at least 4 members (excludes halogenated alkanes) is 33. The zero-order valence-electron chi connectivity index (χ0n) is 45.2. The number of carbonyl (C=O) groups is 3. The molecule has 0 unspecified atom stereocenters. The van der Waals surface area contributed by atoms with Gasteiger partial charge >= 0.3 is 38.8 Å². The Morgan fingerprint density at radius 2 is 0.409 bits per heavy atom. The quantitative estimate of drug-likeness (QED) is 0.0337. The maximum absolute atomic E-state index is 10.2. The molecule has 0 saturated heterocycles. The van der Waals surface area contributed by atoms with E-state index >= 15 is 0 Å². The van der Waals surface area contributed by atoms with Gasteiger partial charge in [0.2, 0.25) is 0 Å². The molecule has 7 nitrogen and oxygen atoms in total. The van der Waals surface area contributed by atoms with Gasteiger partial charge in [-0.15, -0.1) is 0 Å². The van der Waals surface area contributed by atoms with Gasteiger partial charge in [0.1, 0.15) is 0 Å². The van der Waals surface area contributed by atoms with E-state index in [1.165, 1.54) is 212 Å². The maximum Gasteiger partial charge on any atom is 4.00 e. The Morgan fingerprint density at radius 3 is 0.515 bits per heavy atom. The molecule has 0 atom stereocenters. The molecule has 0 fully saturated rings. The summed E-state index contributed by atoms with van der Waals surface area (Å²) in [6.07, 6.45) is 53.0. The molecule has 0 rings (SSSR count). The van der Waals surface area contributed by atoms with Crippen LogP contribution in [0.4, 0.5) is 0 Å². The SMILES string of the molecule is CC(C)CCCCCCCCCCCCCCC(=O)[O-].CC(C)CCCCCCCCCCCCCCC(=O)[O-].CC(C)CCCCCCCCCCCCCCC(=O)[O-].C[CH-]C.[Fe+2].[O-2].[Ti+4]. The van der Waals surface area contributed by atoms with Crippen molar-refractivity contribution in [2.75, 3.05) is 0 Å². The summed E-state index contributed by atoms with van der Waals surface area (Å²) in [7, 11) is 0. The van der Waals surface area contributed by atoms with Crippen LogP contribution in [0, 0.1) is 24.2 Å². The van der Waals surface area contributed by atoms with Crippen LogP contribution in [0.25, 0.3) is 0 Å². The van der Waals surface area contributed by atoms with E-state index < -0.39 is 17.9 Å². The summed E-state index contributed by atoms with van der Waals surface area (Å²) in [4.78, 5) is 30.7. The van der Waals surface area contributed by atoms with Crippen LogP contribution >= 0.6 is 0 Å². The average molecular weight is 1010 g/mol. The molecule has 0 heterocycles. The molecule has 0 aromatic heterocycles. The van der Waals surface area contributed by atoms with Gasteiger partial charge in [0, 0.05) is 17.9 Å². The van der Waals surface area contributed by atoms with Crippen molar-refractivity contribution in [2.24, 2.45) is 17.8 Å². The molecule has 0 aliphatic heterocycles. The normalized spacial score (nSPS) is 10.4. The largest absolute Gasteiger partial charge is 4.00 e. The van der Waals surface area contributed by atoms with E-state index in [4.69, 9.17) is 0 Å². The minimum atomic E-state index is -0.904. The van der Waals surface area contributed by atoms with Crippen LogP contribution in [0.3, 0.4) is 0 Å². The summed E-state index contributed by atoms with van der Waals surface area (Å²) >= 11 is 0. The van der Waals surface area contributed by atoms with Gasteiger partial charge in [-0.05, 0) is 56.3 Å². The number of aliphatic carboxylic acids is 3. The summed E-state index contributed by atoms with van der Waals surface area (Å²) < 4.78 is 0. The second kappa shape index (κ2) is 71.2. The maximum atomic E-state index is 10.2. The standard InChI is InChI=1S/3C18H36O2.C3H7.Fe.O.Ti/c3*1-17(2)15-13-11-9-7-5-3-4-6-8-10-12-14-16-18(19)20;1-3-2;;;/h3*17H,3-16H2,1-2H3,(H,19,20);3H,1-2H3;;;/q;;;-1;+2;-2;+4/p-3. The molecule has 0 radical (unpaired) electrons. The molecule has 66 heavy (non-hydrogen) atoms. The van der Waals surface area contributed by atoms with E-state index in [1.54, 1.807) is 0 Å². The third-order valence-electron chi connectivity index (χ3n) is 11.7. The number of rotatable bonds is 45. The van der Waals surface area contributed by atoms with E-state index in [9.17, 15) is 29.7 Å².